The molecule has 0 fully saturated rings. The Labute approximate surface area is 98.2 Å². The van der Waals surface area contributed by atoms with E-state index in [1.165, 1.54) is 0 Å². The molecule has 0 aliphatic heterocycles. The lowest BCUT2D eigenvalue weighted by atomic mass is 10.1. The van der Waals surface area contributed by atoms with Crippen molar-refractivity contribution in [3.63, 3.8) is 0 Å². The zero-order valence-electron chi connectivity index (χ0n) is 9.18. The van der Waals surface area contributed by atoms with Crippen LogP contribution in [-0.4, -0.2) is 16.3 Å². The smallest absolute Gasteiger partial charge is 0.151 e. The summed E-state index contributed by atoms with van der Waals surface area (Å²) >= 11 is 1.58. The van der Waals surface area contributed by atoms with Gasteiger partial charge >= 0.3 is 0 Å². The molecule has 2 heterocycles. The molecule has 82 valence electrons. The first-order valence-corrected chi connectivity index (χ1v) is 5.94. The quantitative estimate of drug-likeness (QED) is 0.763. The van der Waals surface area contributed by atoms with Gasteiger partial charge < -0.3 is 0 Å². The summed E-state index contributed by atoms with van der Waals surface area (Å²) in [5.74, 6) is 0.423. The van der Waals surface area contributed by atoms with Crippen molar-refractivity contribution >= 4 is 17.6 Å². The molecule has 16 heavy (non-hydrogen) atoms. The number of aromatic nitrogens is 2. The highest BCUT2D eigenvalue weighted by molar-refractivity contribution is 7.13. The maximum atomic E-state index is 10.6. The van der Waals surface area contributed by atoms with E-state index in [0.717, 1.165) is 22.6 Å². The average Bonchev–Trinajstić information content (AvgIpc) is 2.78. The normalized spacial score (nSPS) is 10.7. The summed E-state index contributed by atoms with van der Waals surface area (Å²) in [7, 11) is 0. The van der Waals surface area contributed by atoms with Crippen molar-refractivity contribution in [3.05, 3.63) is 35.1 Å². The van der Waals surface area contributed by atoms with Crippen LogP contribution >= 0.6 is 11.3 Å². The van der Waals surface area contributed by atoms with E-state index in [4.69, 9.17) is 0 Å². The Morgan fingerprint density at radius 3 is 2.81 bits per heavy atom. The standard InChI is InChI=1S/C12H12N2OS/c1-8(2)11-7-16-12(14-11)10-3-9(6-15)4-13-5-10/h3-8H,1-2H3. The van der Waals surface area contributed by atoms with Crippen LogP contribution in [0.25, 0.3) is 10.6 Å². The van der Waals surface area contributed by atoms with Gasteiger partial charge in [0.05, 0.1) is 5.69 Å². The minimum atomic E-state index is 0.423. The first kappa shape index (κ1) is 11.0. The molecule has 0 unspecified atom stereocenters. The Balaban J connectivity index is 2.38. The number of hydrogen-bond acceptors (Lipinski definition) is 4. The van der Waals surface area contributed by atoms with Gasteiger partial charge in [-0.3, -0.25) is 9.78 Å². The summed E-state index contributed by atoms with van der Waals surface area (Å²) in [6.45, 7) is 4.22. The van der Waals surface area contributed by atoms with Crippen LogP contribution in [0.2, 0.25) is 0 Å². The van der Waals surface area contributed by atoms with Crippen LogP contribution in [0.1, 0.15) is 35.8 Å². The summed E-state index contributed by atoms with van der Waals surface area (Å²) in [6.07, 6.45) is 4.08. The average molecular weight is 232 g/mol. The fraction of sp³-hybridized carbons (Fsp3) is 0.250. The summed E-state index contributed by atoms with van der Waals surface area (Å²) in [6, 6.07) is 1.81. The maximum absolute atomic E-state index is 10.6. The number of carbonyl (C=O) groups excluding carboxylic acids is 1. The summed E-state index contributed by atoms with van der Waals surface area (Å²) in [5.41, 5.74) is 2.57. The third-order valence-corrected chi connectivity index (χ3v) is 3.17. The van der Waals surface area contributed by atoms with Gasteiger partial charge in [0.1, 0.15) is 5.01 Å². The van der Waals surface area contributed by atoms with Crippen molar-refractivity contribution in [1.82, 2.24) is 9.97 Å². The van der Waals surface area contributed by atoms with E-state index in [9.17, 15) is 4.79 Å². The molecule has 0 saturated carbocycles. The fourth-order valence-electron chi connectivity index (χ4n) is 1.32. The molecule has 0 aliphatic rings. The van der Waals surface area contributed by atoms with Gasteiger partial charge in [0, 0.05) is 28.9 Å². The second-order valence-corrected chi connectivity index (χ2v) is 4.72. The monoisotopic (exact) mass is 232 g/mol. The molecule has 0 aromatic carbocycles. The number of hydrogen-bond donors (Lipinski definition) is 0. The van der Waals surface area contributed by atoms with Crippen LogP contribution in [0.5, 0.6) is 0 Å². The lowest BCUT2D eigenvalue weighted by Crippen LogP contribution is -1.88. The van der Waals surface area contributed by atoms with E-state index in [-0.39, 0.29) is 0 Å². The van der Waals surface area contributed by atoms with Crippen LogP contribution in [0, 0.1) is 0 Å². The third kappa shape index (κ3) is 2.17. The Hall–Kier alpha value is -1.55. The summed E-state index contributed by atoms with van der Waals surface area (Å²) < 4.78 is 0. The van der Waals surface area contributed by atoms with E-state index >= 15 is 0 Å². The van der Waals surface area contributed by atoms with Crippen LogP contribution in [0.4, 0.5) is 0 Å². The molecule has 0 radical (unpaired) electrons. The minimum Gasteiger partial charge on any atom is -0.298 e. The molecule has 0 N–H and O–H groups in total. The van der Waals surface area contributed by atoms with Crippen LogP contribution in [-0.2, 0) is 0 Å². The van der Waals surface area contributed by atoms with Gasteiger partial charge in [-0.1, -0.05) is 13.8 Å². The Morgan fingerprint density at radius 2 is 2.19 bits per heavy atom. The van der Waals surface area contributed by atoms with Gasteiger partial charge in [0.2, 0.25) is 0 Å². The Bertz CT molecular complexity index is 505. The van der Waals surface area contributed by atoms with Crippen molar-refractivity contribution in [3.8, 4) is 10.6 Å². The van der Waals surface area contributed by atoms with Gasteiger partial charge in [0.25, 0.3) is 0 Å². The van der Waals surface area contributed by atoms with E-state index in [0.29, 0.717) is 11.5 Å². The number of rotatable bonds is 3. The number of pyridine rings is 1. The van der Waals surface area contributed by atoms with E-state index in [1.807, 2.05) is 11.4 Å². The third-order valence-electron chi connectivity index (χ3n) is 2.26. The fourth-order valence-corrected chi connectivity index (χ4v) is 2.29. The van der Waals surface area contributed by atoms with Crippen LogP contribution in [0.3, 0.4) is 0 Å². The lowest BCUT2D eigenvalue weighted by Gasteiger charge is -1.98. The molecular formula is C12H12N2OS. The highest BCUT2D eigenvalue weighted by atomic mass is 32.1. The van der Waals surface area contributed by atoms with Crippen molar-refractivity contribution in [2.24, 2.45) is 0 Å². The lowest BCUT2D eigenvalue weighted by molar-refractivity contribution is 0.112. The molecule has 3 nitrogen and oxygen atoms in total. The van der Waals surface area contributed by atoms with Gasteiger partial charge in [-0.05, 0) is 12.0 Å². The van der Waals surface area contributed by atoms with Crippen LogP contribution < -0.4 is 0 Å². The van der Waals surface area contributed by atoms with Gasteiger partial charge in [-0.2, -0.15) is 0 Å². The maximum Gasteiger partial charge on any atom is 0.151 e. The first-order valence-electron chi connectivity index (χ1n) is 5.06. The van der Waals surface area contributed by atoms with Gasteiger partial charge in [0.15, 0.2) is 6.29 Å². The second-order valence-electron chi connectivity index (χ2n) is 3.86. The summed E-state index contributed by atoms with van der Waals surface area (Å²) in [5, 5.41) is 2.97. The van der Waals surface area contributed by atoms with E-state index in [1.54, 1.807) is 23.7 Å². The molecule has 0 aliphatic carbocycles. The highest BCUT2D eigenvalue weighted by Crippen LogP contribution is 2.26. The molecule has 0 amide bonds. The number of aldehydes is 1. The molecule has 0 spiro atoms. The Kier molecular flexibility index (Phi) is 3.10. The van der Waals surface area contributed by atoms with E-state index in [2.05, 4.69) is 23.8 Å². The zero-order valence-corrected chi connectivity index (χ0v) is 9.99. The zero-order chi connectivity index (χ0) is 11.5. The Morgan fingerprint density at radius 1 is 1.38 bits per heavy atom. The molecule has 2 aromatic rings. The highest BCUT2D eigenvalue weighted by Gasteiger charge is 2.08. The van der Waals surface area contributed by atoms with Crippen molar-refractivity contribution < 1.29 is 4.79 Å². The van der Waals surface area contributed by atoms with Gasteiger partial charge in [-0.15, -0.1) is 11.3 Å². The molecule has 4 heteroatoms. The topological polar surface area (TPSA) is 42.9 Å². The van der Waals surface area contributed by atoms with Crippen molar-refractivity contribution in [2.75, 3.05) is 0 Å². The van der Waals surface area contributed by atoms with E-state index < -0.39 is 0 Å². The van der Waals surface area contributed by atoms with Crippen molar-refractivity contribution in [1.29, 1.82) is 0 Å². The number of carbonyl (C=O) groups is 1. The molecular weight excluding hydrogens is 220 g/mol. The second kappa shape index (κ2) is 4.53. The van der Waals surface area contributed by atoms with Crippen molar-refractivity contribution in [2.45, 2.75) is 19.8 Å². The van der Waals surface area contributed by atoms with Gasteiger partial charge in [-0.25, -0.2) is 4.98 Å². The molecule has 0 saturated heterocycles. The number of thiazole rings is 1. The molecule has 2 aromatic heterocycles. The summed E-state index contributed by atoms with van der Waals surface area (Å²) in [4.78, 5) is 19.2. The molecule has 2 rings (SSSR count). The number of nitrogens with zero attached hydrogens (tertiary/aromatic N) is 2. The first-order chi connectivity index (χ1) is 7.70. The predicted octanol–water partition coefficient (Wildman–Crippen LogP) is 3.14. The predicted molar refractivity (Wildman–Crippen MR) is 64.8 cm³/mol. The minimum absolute atomic E-state index is 0.423. The largest absolute Gasteiger partial charge is 0.298 e. The van der Waals surface area contributed by atoms with Crippen LogP contribution in [0.15, 0.2) is 23.8 Å². The SMILES string of the molecule is CC(C)c1csc(-c2cncc(C=O)c2)n1. The molecule has 0 atom stereocenters. The molecule has 0 bridgehead atoms.